The Kier molecular flexibility index (Phi) is 3.47. The molecule has 0 radical (unpaired) electrons. The molecule has 0 spiro atoms. The number of thiocarbonyl (C=S) groups is 1. The number of hydrogen-bond acceptors (Lipinski definition) is 2. The largest absolute Gasteiger partial charge is 0.496 e. The molecule has 1 aromatic carbocycles. The molecular weight excluding hydrogens is 194 g/mol. The lowest BCUT2D eigenvalue weighted by Crippen LogP contribution is -2.16. The number of rotatable bonds is 2. The van der Waals surface area contributed by atoms with Crippen LogP contribution in [0.1, 0.15) is 16.7 Å². The maximum Gasteiger partial charge on any atom is 0.124 e. The van der Waals surface area contributed by atoms with Crippen LogP contribution in [-0.2, 0) is 0 Å². The van der Waals surface area contributed by atoms with Crippen LogP contribution in [0.3, 0.4) is 0 Å². The van der Waals surface area contributed by atoms with Gasteiger partial charge >= 0.3 is 0 Å². The Bertz CT molecular complexity index is 337. The van der Waals surface area contributed by atoms with Crippen molar-refractivity contribution >= 4 is 17.2 Å². The van der Waals surface area contributed by atoms with E-state index in [1.807, 2.05) is 33.0 Å². The summed E-state index contributed by atoms with van der Waals surface area (Å²) in [5.41, 5.74) is 3.26. The molecule has 3 heteroatoms. The minimum Gasteiger partial charge on any atom is -0.496 e. The molecule has 0 heterocycles. The van der Waals surface area contributed by atoms with Gasteiger partial charge in [-0.3, -0.25) is 0 Å². The van der Waals surface area contributed by atoms with E-state index in [1.165, 1.54) is 0 Å². The van der Waals surface area contributed by atoms with Gasteiger partial charge in [0.15, 0.2) is 0 Å². The van der Waals surface area contributed by atoms with E-state index in [-0.39, 0.29) is 0 Å². The molecule has 0 aliphatic rings. The van der Waals surface area contributed by atoms with Crippen molar-refractivity contribution in [1.29, 1.82) is 0 Å². The lowest BCUT2D eigenvalue weighted by Gasteiger charge is -2.11. The highest BCUT2D eigenvalue weighted by Gasteiger charge is 2.07. The highest BCUT2D eigenvalue weighted by atomic mass is 32.1. The van der Waals surface area contributed by atoms with Gasteiger partial charge in [-0.05, 0) is 37.1 Å². The quantitative estimate of drug-likeness (QED) is 0.755. The molecule has 1 N–H and O–H groups in total. The summed E-state index contributed by atoms with van der Waals surface area (Å²) in [5.74, 6) is 0.938. The van der Waals surface area contributed by atoms with E-state index < -0.39 is 0 Å². The van der Waals surface area contributed by atoms with Gasteiger partial charge in [0, 0.05) is 12.6 Å². The molecule has 0 fully saturated rings. The lowest BCUT2D eigenvalue weighted by molar-refractivity contribution is 0.408. The first kappa shape index (κ1) is 11.0. The molecule has 0 amide bonds. The number of nitrogens with one attached hydrogen (secondary N) is 1. The molecule has 0 aromatic heterocycles. The second kappa shape index (κ2) is 4.42. The number of methoxy groups -OCH3 is 1. The predicted octanol–water partition coefficient (Wildman–Crippen LogP) is 2.21. The normalized spacial score (nSPS) is 9.71. The van der Waals surface area contributed by atoms with Crippen molar-refractivity contribution < 1.29 is 4.74 Å². The zero-order valence-corrected chi connectivity index (χ0v) is 9.79. The van der Waals surface area contributed by atoms with Gasteiger partial charge in [0.1, 0.15) is 10.7 Å². The maximum atomic E-state index is 5.28. The molecule has 1 aromatic rings. The average molecular weight is 209 g/mol. The lowest BCUT2D eigenvalue weighted by atomic mass is 10.1. The van der Waals surface area contributed by atoms with Gasteiger partial charge in [-0.2, -0.15) is 0 Å². The van der Waals surface area contributed by atoms with Gasteiger partial charge < -0.3 is 10.1 Å². The second-order valence-corrected chi connectivity index (χ2v) is 3.63. The van der Waals surface area contributed by atoms with Gasteiger partial charge in [0.05, 0.1) is 7.11 Å². The monoisotopic (exact) mass is 209 g/mol. The zero-order chi connectivity index (χ0) is 10.7. The van der Waals surface area contributed by atoms with Crippen LogP contribution in [0.4, 0.5) is 0 Å². The van der Waals surface area contributed by atoms with Crippen LogP contribution >= 0.6 is 12.2 Å². The molecule has 1 rings (SSSR count). The summed E-state index contributed by atoms with van der Waals surface area (Å²) in [5, 5.41) is 2.96. The summed E-state index contributed by atoms with van der Waals surface area (Å²) in [6.07, 6.45) is 0. The molecule has 0 saturated heterocycles. The van der Waals surface area contributed by atoms with Crippen molar-refractivity contribution in [2.24, 2.45) is 0 Å². The fraction of sp³-hybridized carbons (Fsp3) is 0.364. The fourth-order valence-electron chi connectivity index (χ4n) is 1.55. The molecule has 76 valence electrons. The molecule has 0 bridgehead atoms. The molecular formula is C11H15NOS. The van der Waals surface area contributed by atoms with Crippen molar-refractivity contribution in [2.45, 2.75) is 13.8 Å². The number of ether oxygens (including phenoxy) is 1. The fourth-order valence-corrected chi connectivity index (χ4v) is 1.67. The van der Waals surface area contributed by atoms with Crippen LogP contribution in [0, 0.1) is 13.8 Å². The summed E-state index contributed by atoms with van der Waals surface area (Å²) in [6, 6.07) is 4.06. The Morgan fingerprint density at radius 3 is 2.14 bits per heavy atom. The third kappa shape index (κ3) is 2.04. The molecule has 14 heavy (non-hydrogen) atoms. The molecule has 0 atom stereocenters. The average Bonchev–Trinajstić information content (AvgIpc) is 2.16. The van der Waals surface area contributed by atoms with Gasteiger partial charge in [0.2, 0.25) is 0 Å². The van der Waals surface area contributed by atoms with Crippen molar-refractivity contribution in [3.8, 4) is 5.75 Å². The summed E-state index contributed by atoms with van der Waals surface area (Å²) in [7, 11) is 3.52. The summed E-state index contributed by atoms with van der Waals surface area (Å²) in [4.78, 5) is 0.763. The molecule has 2 nitrogen and oxygen atoms in total. The van der Waals surface area contributed by atoms with Crippen LogP contribution in [0.25, 0.3) is 0 Å². The van der Waals surface area contributed by atoms with Crippen molar-refractivity contribution in [3.63, 3.8) is 0 Å². The first-order valence-corrected chi connectivity index (χ1v) is 4.88. The second-order valence-electron chi connectivity index (χ2n) is 3.22. The first-order chi connectivity index (χ1) is 6.60. The van der Waals surface area contributed by atoms with Crippen LogP contribution < -0.4 is 10.1 Å². The predicted molar refractivity (Wildman–Crippen MR) is 63.2 cm³/mol. The standard InChI is InChI=1S/C11H15NOS/c1-7-5-9(11(14)12-3)6-8(2)10(7)13-4/h5-6H,1-4H3,(H,12,14). The van der Waals surface area contributed by atoms with E-state index >= 15 is 0 Å². The SMILES string of the molecule is CNC(=S)c1cc(C)c(OC)c(C)c1. The van der Waals surface area contributed by atoms with Crippen LogP contribution in [0.5, 0.6) is 5.75 Å². The zero-order valence-electron chi connectivity index (χ0n) is 8.97. The highest BCUT2D eigenvalue weighted by molar-refractivity contribution is 7.80. The van der Waals surface area contributed by atoms with E-state index in [4.69, 9.17) is 17.0 Å². The molecule has 0 aliphatic heterocycles. The summed E-state index contributed by atoms with van der Waals surface area (Å²) < 4.78 is 5.28. The van der Waals surface area contributed by atoms with Crippen LogP contribution in [0.15, 0.2) is 12.1 Å². The summed E-state index contributed by atoms with van der Waals surface area (Å²) in [6.45, 7) is 4.04. The number of benzene rings is 1. The molecule has 0 unspecified atom stereocenters. The van der Waals surface area contributed by atoms with Crippen molar-refractivity contribution in [3.05, 3.63) is 28.8 Å². The Morgan fingerprint density at radius 2 is 1.79 bits per heavy atom. The number of aryl methyl sites for hydroxylation is 2. The summed E-state index contributed by atoms with van der Waals surface area (Å²) >= 11 is 5.17. The van der Waals surface area contributed by atoms with Gasteiger partial charge in [0.25, 0.3) is 0 Å². The molecule has 0 saturated carbocycles. The van der Waals surface area contributed by atoms with Gasteiger partial charge in [-0.25, -0.2) is 0 Å². The topological polar surface area (TPSA) is 21.3 Å². The van der Waals surface area contributed by atoms with Crippen LogP contribution in [-0.4, -0.2) is 19.1 Å². The van der Waals surface area contributed by atoms with Crippen LogP contribution in [0.2, 0.25) is 0 Å². The Morgan fingerprint density at radius 1 is 1.29 bits per heavy atom. The first-order valence-electron chi connectivity index (χ1n) is 4.47. The Hall–Kier alpha value is -1.09. The third-order valence-electron chi connectivity index (χ3n) is 2.15. The van der Waals surface area contributed by atoms with E-state index in [1.54, 1.807) is 7.11 Å². The van der Waals surface area contributed by atoms with E-state index in [9.17, 15) is 0 Å². The van der Waals surface area contributed by atoms with E-state index in [2.05, 4.69) is 5.32 Å². The minimum absolute atomic E-state index is 0.763. The highest BCUT2D eigenvalue weighted by Crippen LogP contribution is 2.24. The Labute approximate surface area is 90.3 Å². The molecule has 0 aliphatic carbocycles. The smallest absolute Gasteiger partial charge is 0.124 e. The minimum atomic E-state index is 0.763. The third-order valence-corrected chi connectivity index (χ3v) is 2.59. The van der Waals surface area contributed by atoms with Crippen molar-refractivity contribution in [1.82, 2.24) is 5.32 Å². The van der Waals surface area contributed by atoms with E-state index in [0.29, 0.717) is 0 Å². The Balaban J connectivity index is 3.20. The number of hydrogen-bond donors (Lipinski definition) is 1. The van der Waals surface area contributed by atoms with Crippen molar-refractivity contribution in [2.75, 3.05) is 14.2 Å². The van der Waals surface area contributed by atoms with Gasteiger partial charge in [-0.15, -0.1) is 0 Å². The van der Waals surface area contributed by atoms with Gasteiger partial charge in [-0.1, -0.05) is 12.2 Å². The van der Waals surface area contributed by atoms with E-state index in [0.717, 1.165) is 27.4 Å². The maximum absolute atomic E-state index is 5.28.